The zero-order valence-corrected chi connectivity index (χ0v) is 15.8. The number of hydrogen-bond donors (Lipinski definition) is 2. The van der Waals surface area contributed by atoms with Gasteiger partial charge in [0, 0.05) is 10.6 Å². The summed E-state index contributed by atoms with van der Waals surface area (Å²) in [5.41, 5.74) is 3.54. The van der Waals surface area contributed by atoms with E-state index in [0.29, 0.717) is 21.4 Å². The SMILES string of the molecule is O=C(CSc1nnnn1-c1ccc(Cl)cc1)N/N=C\c1ccccc1C(=O)O. The van der Waals surface area contributed by atoms with Crippen LogP contribution in [0, 0.1) is 0 Å². The second kappa shape index (κ2) is 9.11. The number of nitrogens with one attached hydrogen (secondary N) is 1. The number of carboxylic acids is 1. The molecule has 1 amide bonds. The molecule has 0 spiro atoms. The molecule has 0 radical (unpaired) electrons. The molecule has 1 aromatic heterocycles. The number of halogens is 1. The number of hydrogen-bond acceptors (Lipinski definition) is 7. The van der Waals surface area contributed by atoms with Crippen molar-refractivity contribution in [2.75, 3.05) is 5.75 Å². The molecule has 1 heterocycles. The largest absolute Gasteiger partial charge is 0.478 e. The van der Waals surface area contributed by atoms with Gasteiger partial charge in [0.25, 0.3) is 5.91 Å². The third-order valence-corrected chi connectivity index (χ3v) is 4.60. The summed E-state index contributed by atoms with van der Waals surface area (Å²) in [6, 6.07) is 13.3. The number of aromatic nitrogens is 4. The molecule has 0 aliphatic carbocycles. The maximum absolute atomic E-state index is 12.0. The molecule has 9 nitrogen and oxygen atoms in total. The molecule has 0 unspecified atom stereocenters. The lowest BCUT2D eigenvalue weighted by Crippen LogP contribution is -2.20. The molecule has 3 aromatic rings. The van der Waals surface area contributed by atoms with Crippen LogP contribution in [0.3, 0.4) is 0 Å². The van der Waals surface area contributed by atoms with Crippen LogP contribution < -0.4 is 5.43 Å². The molecule has 142 valence electrons. The minimum Gasteiger partial charge on any atom is -0.478 e. The van der Waals surface area contributed by atoms with Gasteiger partial charge in [0.2, 0.25) is 5.16 Å². The van der Waals surface area contributed by atoms with E-state index in [1.165, 1.54) is 17.0 Å². The zero-order chi connectivity index (χ0) is 19.9. The lowest BCUT2D eigenvalue weighted by atomic mass is 10.1. The number of carbonyl (C=O) groups is 2. The summed E-state index contributed by atoms with van der Waals surface area (Å²) in [6.45, 7) is 0. The first-order valence-corrected chi connectivity index (χ1v) is 9.22. The Morgan fingerprint density at radius 1 is 1.21 bits per heavy atom. The molecule has 3 rings (SSSR count). The van der Waals surface area contributed by atoms with Gasteiger partial charge in [0.15, 0.2) is 0 Å². The number of carbonyl (C=O) groups excluding carboxylic acids is 1. The molecular formula is C17H13ClN6O3S. The number of aromatic carboxylic acids is 1. The van der Waals surface area contributed by atoms with Crippen molar-refractivity contribution >= 4 is 41.5 Å². The number of carboxylic acid groups (broad SMARTS) is 1. The Kier molecular flexibility index (Phi) is 6.35. The predicted octanol–water partition coefficient (Wildman–Crippen LogP) is 2.26. The van der Waals surface area contributed by atoms with Crippen molar-refractivity contribution in [2.45, 2.75) is 5.16 Å². The Morgan fingerprint density at radius 3 is 2.71 bits per heavy atom. The van der Waals surface area contributed by atoms with E-state index in [0.717, 1.165) is 11.8 Å². The number of hydrazone groups is 1. The normalized spacial score (nSPS) is 10.9. The quantitative estimate of drug-likeness (QED) is 0.344. The van der Waals surface area contributed by atoms with Crippen LogP contribution in [-0.2, 0) is 4.79 Å². The smallest absolute Gasteiger partial charge is 0.336 e. The summed E-state index contributed by atoms with van der Waals surface area (Å²) in [5, 5.41) is 25.3. The third-order valence-electron chi connectivity index (χ3n) is 3.43. The molecule has 0 atom stereocenters. The van der Waals surface area contributed by atoms with E-state index in [1.807, 2.05) is 0 Å². The van der Waals surface area contributed by atoms with Gasteiger partial charge in [0.1, 0.15) is 0 Å². The number of rotatable bonds is 7. The molecule has 0 aliphatic heterocycles. The Labute approximate surface area is 168 Å². The standard InChI is InChI=1S/C17H13ClN6O3S/c18-12-5-7-13(8-6-12)24-17(21-22-23-24)28-10-15(25)20-19-9-11-3-1-2-4-14(11)16(26)27/h1-9H,10H2,(H,20,25)(H,26,27)/b19-9-. The molecule has 0 aliphatic rings. The minimum absolute atomic E-state index is 0.0197. The molecule has 0 fully saturated rings. The van der Waals surface area contributed by atoms with E-state index in [1.54, 1.807) is 42.5 Å². The summed E-state index contributed by atoms with van der Waals surface area (Å²) < 4.78 is 1.49. The Hall–Kier alpha value is -3.24. The molecule has 28 heavy (non-hydrogen) atoms. The summed E-state index contributed by atoms with van der Waals surface area (Å²) in [5.74, 6) is -1.44. The van der Waals surface area contributed by atoms with E-state index in [4.69, 9.17) is 16.7 Å². The van der Waals surface area contributed by atoms with E-state index < -0.39 is 5.97 Å². The fourth-order valence-electron chi connectivity index (χ4n) is 2.15. The van der Waals surface area contributed by atoms with E-state index >= 15 is 0 Å². The molecule has 11 heteroatoms. The van der Waals surface area contributed by atoms with Crippen molar-refractivity contribution in [2.24, 2.45) is 5.10 Å². The number of benzene rings is 2. The maximum atomic E-state index is 12.0. The van der Waals surface area contributed by atoms with Gasteiger partial charge in [-0.05, 0) is 40.8 Å². The predicted molar refractivity (Wildman–Crippen MR) is 104 cm³/mol. The van der Waals surface area contributed by atoms with Gasteiger partial charge in [-0.2, -0.15) is 9.78 Å². The molecule has 2 aromatic carbocycles. The fourth-order valence-corrected chi connectivity index (χ4v) is 2.96. The highest BCUT2D eigenvalue weighted by molar-refractivity contribution is 7.99. The summed E-state index contributed by atoms with van der Waals surface area (Å²) >= 11 is 7.00. The first-order valence-electron chi connectivity index (χ1n) is 7.86. The lowest BCUT2D eigenvalue weighted by Gasteiger charge is -2.04. The molecule has 0 bridgehead atoms. The van der Waals surface area contributed by atoms with Gasteiger partial charge in [-0.3, -0.25) is 4.79 Å². The highest BCUT2D eigenvalue weighted by Gasteiger charge is 2.11. The summed E-state index contributed by atoms with van der Waals surface area (Å²) in [4.78, 5) is 23.1. The first kappa shape index (κ1) is 19.5. The Balaban J connectivity index is 1.58. The highest BCUT2D eigenvalue weighted by Crippen LogP contribution is 2.19. The number of nitrogens with zero attached hydrogens (tertiary/aromatic N) is 5. The average molecular weight is 417 g/mol. The Bertz CT molecular complexity index is 1020. The first-order chi connectivity index (χ1) is 13.5. The van der Waals surface area contributed by atoms with Crippen LogP contribution in [0.2, 0.25) is 5.02 Å². The highest BCUT2D eigenvalue weighted by atomic mass is 35.5. The topological polar surface area (TPSA) is 122 Å². The van der Waals surface area contributed by atoms with Crippen LogP contribution in [0.5, 0.6) is 0 Å². The van der Waals surface area contributed by atoms with Crippen molar-refractivity contribution in [3.8, 4) is 5.69 Å². The maximum Gasteiger partial charge on any atom is 0.336 e. The fraction of sp³-hybridized carbons (Fsp3) is 0.0588. The minimum atomic E-state index is -1.07. The van der Waals surface area contributed by atoms with Gasteiger partial charge in [-0.1, -0.05) is 41.6 Å². The number of thioether (sulfide) groups is 1. The van der Waals surface area contributed by atoms with Crippen LogP contribution in [-0.4, -0.2) is 49.2 Å². The second-order valence-electron chi connectivity index (χ2n) is 5.32. The van der Waals surface area contributed by atoms with E-state index in [-0.39, 0.29) is 17.2 Å². The lowest BCUT2D eigenvalue weighted by molar-refractivity contribution is -0.118. The monoisotopic (exact) mass is 416 g/mol. The van der Waals surface area contributed by atoms with E-state index in [2.05, 4.69) is 26.1 Å². The van der Waals surface area contributed by atoms with Crippen molar-refractivity contribution < 1.29 is 14.7 Å². The average Bonchev–Trinajstić information content (AvgIpc) is 3.16. The van der Waals surface area contributed by atoms with Crippen molar-refractivity contribution in [1.29, 1.82) is 0 Å². The van der Waals surface area contributed by atoms with Crippen LogP contribution in [0.25, 0.3) is 5.69 Å². The summed E-state index contributed by atoms with van der Waals surface area (Å²) in [7, 11) is 0. The molecule has 0 saturated heterocycles. The van der Waals surface area contributed by atoms with Gasteiger partial charge in [-0.25, -0.2) is 10.2 Å². The van der Waals surface area contributed by atoms with Crippen LogP contribution in [0.4, 0.5) is 0 Å². The van der Waals surface area contributed by atoms with Gasteiger partial charge < -0.3 is 5.11 Å². The third kappa shape index (κ3) is 4.93. The number of amides is 1. The van der Waals surface area contributed by atoms with Gasteiger partial charge >= 0.3 is 5.97 Å². The van der Waals surface area contributed by atoms with E-state index in [9.17, 15) is 9.59 Å². The van der Waals surface area contributed by atoms with Crippen molar-refractivity contribution in [3.63, 3.8) is 0 Å². The number of tetrazole rings is 1. The zero-order valence-electron chi connectivity index (χ0n) is 14.2. The van der Waals surface area contributed by atoms with Crippen molar-refractivity contribution in [1.82, 2.24) is 25.6 Å². The Morgan fingerprint density at radius 2 is 1.96 bits per heavy atom. The van der Waals surface area contributed by atoms with Crippen LogP contribution in [0.15, 0.2) is 58.8 Å². The van der Waals surface area contributed by atoms with Gasteiger partial charge in [-0.15, -0.1) is 5.10 Å². The molecule has 0 saturated carbocycles. The molecular weight excluding hydrogens is 404 g/mol. The molecule has 2 N–H and O–H groups in total. The summed E-state index contributed by atoms with van der Waals surface area (Å²) in [6.07, 6.45) is 1.28. The van der Waals surface area contributed by atoms with Crippen LogP contribution in [0.1, 0.15) is 15.9 Å². The second-order valence-corrected chi connectivity index (χ2v) is 6.70. The van der Waals surface area contributed by atoms with Crippen LogP contribution >= 0.6 is 23.4 Å². The van der Waals surface area contributed by atoms with Crippen molar-refractivity contribution in [3.05, 3.63) is 64.7 Å². The van der Waals surface area contributed by atoms with Gasteiger partial charge in [0.05, 0.1) is 23.2 Å².